The lowest BCUT2D eigenvalue weighted by Gasteiger charge is -2.37. The van der Waals surface area contributed by atoms with Crippen LogP contribution in [0, 0.1) is 0 Å². The zero-order valence-corrected chi connectivity index (χ0v) is 13.4. The number of amides is 2. The second-order valence-electron chi connectivity index (χ2n) is 6.05. The Hall–Kier alpha value is -1.07. The molecule has 2 aliphatic heterocycles. The van der Waals surface area contributed by atoms with Gasteiger partial charge >= 0.3 is 6.03 Å². The molecular weight excluding hydrogens is 282 g/mol. The van der Waals surface area contributed by atoms with Crippen molar-refractivity contribution >= 4 is 17.4 Å². The maximum Gasteiger partial charge on any atom is 0.317 e. The van der Waals surface area contributed by atoms with E-state index >= 15 is 0 Å². The minimum absolute atomic E-state index is 0.121. The molecule has 116 valence electrons. The first kappa shape index (κ1) is 14.9. The Bertz CT molecular complexity index is 442. The van der Waals surface area contributed by atoms with Gasteiger partial charge < -0.3 is 10.2 Å². The van der Waals surface area contributed by atoms with Crippen molar-refractivity contribution in [2.24, 2.45) is 0 Å². The summed E-state index contributed by atoms with van der Waals surface area (Å²) in [5.41, 5.74) is 0. The number of nitrogens with one attached hydrogen (secondary N) is 1. The van der Waals surface area contributed by atoms with Crippen LogP contribution in [0.1, 0.15) is 30.6 Å². The van der Waals surface area contributed by atoms with E-state index in [4.69, 9.17) is 0 Å². The Kier molecular flexibility index (Phi) is 5.14. The van der Waals surface area contributed by atoms with Crippen LogP contribution in [0.25, 0.3) is 0 Å². The van der Waals surface area contributed by atoms with Crippen LogP contribution in [0.5, 0.6) is 0 Å². The summed E-state index contributed by atoms with van der Waals surface area (Å²) >= 11 is 1.76. The minimum Gasteiger partial charge on any atom is -0.338 e. The molecule has 0 spiro atoms. The summed E-state index contributed by atoms with van der Waals surface area (Å²) in [7, 11) is 0. The number of piperidine rings is 1. The van der Waals surface area contributed by atoms with Crippen molar-refractivity contribution in [1.29, 1.82) is 0 Å². The molecule has 1 aromatic heterocycles. The number of carbonyl (C=O) groups excluding carboxylic acids is 1. The Morgan fingerprint density at radius 2 is 2.14 bits per heavy atom. The Balaban J connectivity index is 1.43. The van der Waals surface area contributed by atoms with Gasteiger partial charge in [-0.1, -0.05) is 6.07 Å². The summed E-state index contributed by atoms with van der Waals surface area (Å²) < 4.78 is 0. The second-order valence-corrected chi connectivity index (χ2v) is 7.08. The highest BCUT2D eigenvalue weighted by Gasteiger charge is 2.28. The summed E-state index contributed by atoms with van der Waals surface area (Å²) in [6.07, 6.45) is 5.97. The monoisotopic (exact) mass is 307 g/mol. The van der Waals surface area contributed by atoms with E-state index in [0.717, 1.165) is 32.5 Å². The van der Waals surface area contributed by atoms with Gasteiger partial charge in [-0.25, -0.2) is 4.79 Å². The number of nitrogens with zero attached hydrogens (tertiary/aromatic N) is 2. The SMILES string of the molecule is O=C(NCCc1cccs1)N1CCC[C@@H](N2CCCC2)C1. The van der Waals surface area contributed by atoms with Gasteiger partial charge in [-0.3, -0.25) is 4.90 Å². The molecule has 2 fully saturated rings. The van der Waals surface area contributed by atoms with Gasteiger partial charge in [0.1, 0.15) is 0 Å². The van der Waals surface area contributed by atoms with Gasteiger partial charge in [0.05, 0.1) is 0 Å². The summed E-state index contributed by atoms with van der Waals surface area (Å²) in [5, 5.41) is 5.16. The highest BCUT2D eigenvalue weighted by Crippen LogP contribution is 2.20. The number of rotatable bonds is 4. The van der Waals surface area contributed by atoms with E-state index in [2.05, 4.69) is 27.7 Å². The highest BCUT2D eigenvalue weighted by molar-refractivity contribution is 7.09. The first-order valence-electron chi connectivity index (χ1n) is 8.12. The van der Waals surface area contributed by atoms with Crippen molar-refractivity contribution in [1.82, 2.24) is 15.1 Å². The third-order valence-corrected chi connectivity index (χ3v) is 5.50. The van der Waals surface area contributed by atoms with Crippen molar-refractivity contribution in [3.8, 4) is 0 Å². The molecule has 21 heavy (non-hydrogen) atoms. The van der Waals surface area contributed by atoms with Gasteiger partial charge in [0.15, 0.2) is 0 Å². The number of likely N-dealkylation sites (tertiary alicyclic amines) is 2. The van der Waals surface area contributed by atoms with E-state index in [1.807, 2.05) is 4.90 Å². The van der Waals surface area contributed by atoms with E-state index in [-0.39, 0.29) is 6.03 Å². The molecule has 2 aliphatic rings. The molecule has 1 aromatic rings. The van der Waals surface area contributed by atoms with Crippen LogP contribution >= 0.6 is 11.3 Å². The van der Waals surface area contributed by atoms with Crippen LogP contribution in [0.4, 0.5) is 4.79 Å². The van der Waals surface area contributed by atoms with Crippen molar-refractivity contribution in [3.63, 3.8) is 0 Å². The molecule has 0 aliphatic carbocycles. The van der Waals surface area contributed by atoms with Gasteiger partial charge in [0, 0.05) is 30.6 Å². The molecule has 2 saturated heterocycles. The number of thiophene rings is 1. The average Bonchev–Trinajstić information content (AvgIpc) is 3.21. The predicted molar refractivity (Wildman–Crippen MR) is 86.8 cm³/mol. The van der Waals surface area contributed by atoms with E-state index in [0.29, 0.717) is 6.04 Å². The van der Waals surface area contributed by atoms with Gasteiger partial charge in [-0.05, 0) is 56.6 Å². The first-order chi connectivity index (χ1) is 10.3. The van der Waals surface area contributed by atoms with Crippen LogP contribution in [-0.4, -0.2) is 54.6 Å². The molecule has 0 saturated carbocycles. The maximum atomic E-state index is 12.3. The zero-order chi connectivity index (χ0) is 14.5. The normalized spacial score (nSPS) is 23.4. The number of carbonyl (C=O) groups is 1. The van der Waals surface area contributed by atoms with E-state index in [1.165, 1.54) is 37.2 Å². The van der Waals surface area contributed by atoms with Crippen LogP contribution < -0.4 is 5.32 Å². The van der Waals surface area contributed by atoms with Crippen molar-refractivity contribution in [2.75, 3.05) is 32.7 Å². The lowest BCUT2D eigenvalue weighted by atomic mass is 10.0. The average molecular weight is 307 g/mol. The lowest BCUT2D eigenvalue weighted by molar-refractivity contribution is 0.125. The van der Waals surface area contributed by atoms with E-state index in [1.54, 1.807) is 11.3 Å². The van der Waals surface area contributed by atoms with Gasteiger partial charge in [0.2, 0.25) is 0 Å². The van der Waals surface area contributed by atoms with Gasteiger partial charge in [0.25, 0.3) is 0 Å². The first-order valence-corrected chi connectivity index (χ1v) is 9.00. The predicted octanol–water partition coefficient (Wildman–Crippen LogP) is 2.56. The largest absolute Gasteiger partial charge is 0.338 e. The molecule has 3 heterocycles. The fraction of sp³-hybridized carbons (Fsp3) is 0.688. The molecule has 2 amide bonds. The smallest absolute Gasteiger partial charge is 0.317 e. The molecule has 3 rings (SSSR count). The second kappa shape index (κ2) is 7.27. The molecule has 0 unspecified atom stereocenters. The Labute approximate surface area is 131 Å². The number of hydrogen-bond acceptors (Lipinski definition) is 3. The lowest BCUT2D eigenvalue weighted by Crippen LogP contribution is -2.51. The molecule has 0 bridgehead atoms. The third-order valence-electron chi connectivity index (χ3n) is 4.57. The molecule has 0 aromatic carbocycles. The maximum absolute atomic E-state index is 12.3. The third kappa shape index (κ3) is 3.98. The van der Waals surface area contributed by atoms with Crippen LogP contribution in [0.15, 0.2) is 17.5 Å². The van der Waals surface area contributed by atoms with E-state index < -0.39 is 0 Å². The topological polar surface area (TPSA) is 35.6 Å². The minimum atomic E-state index is 0.121. The van der Waals surface area contributed by atoms with Crippen molar-refractivity contribution in [3.05, 3.63) is 22.4 Å². The molecule has 0 radical (unpaired) electrons. The molecule has 1 N–H and O–H groups in total. The quantitative estimate of drug-likeness (QED) is 0.928. The van der Waals surface area contributed by atoms with Gasteiger partial charge in [-0.15, -0.1) is 11.3 Å². The summed E-state index contributed by atoms with van der Waals surface area (Å²) in [6.45, 7) is 5.00. The Morgan fingerprint density at radius 1 is 1.29 bits per heavy atom. The number of hydrogen-bond donors (Lipinski definition) is 1. The highest BCUT2D eigenvalue weighted by atomic mass is 32.1. The summed E-state index contributed by atoms with van der Waals surface area (Å²) in [6, 6.07) is 4.90. The fourth-order valence-electron chi connectivity index (χ4n) is 3.40. The van der Waals surface area contributed by atoms with Crippen molar-refractivity contribution < 1.29 is 4.79 Å². The van der Waals surface area contributed by atoms with E-state index in [9.17, 15) is 4.79 Å². The number of urea groups is 1. The zero-order valence-electron chi connectivity index (χ0n) is 12.6. The fourth-order valence-corrected chi connectivity index (χ4v) is 4.11. The molecule has 5 heteroatoms. The molecule has 1 atom stereocenters. The molecule has 4 nitrogen and oxygen atoms in total. The van der Waals surface area contributed by atoms with Crippen LogP contribution in [0.3, 0.4) is 0 Å². The van der Waals surface area contributed by atoms with Gasteiger partial charge in [-0.2, -0.15) is 0 Å². The standard InChI is InChI=1S/C16H25N3OS/c20-16(17-8-7-15-6-4-12-21-15)19-11-3-5-14(13-19)18-9-1-2-10-18/h4,6,12,14H,1-3,5,7-11,13H2,(H,17,20)/t14-/m1/s1. The summed E-state index contributed by atoms with van der Waals surface area (Å²) in [4.78, 5) is 18.2. The van der Waals surface area contributed by atoms with Crippen LogP contribution in [-0.2, 0) is 6.42 Å². The Morgan fingerprint density at radius 3 is 2.90 bits per heavy atom. The van der Waals surface area contributed by atoms with Crippen molar-refractivity contribution in [2.45, 2.75) is 38.1 Å². The van der Waals surface area contributed by atoms with Crippen LogP contribution in [0.2, 0.25) is 0 Å². The molecular formula is C16H25N3OS. The summed E-state index contributed by atoms with van der Waals surface area (Å²) in [5.74, 6) is 0.